The molecule has 0 spiro atoms. The Bertz CT molecular complexity index is 958. The maximum Gasteiger partial charge on any atom is 0.418 e. The van der Waals surface area contributed by atoms with Crippen LogP contribution in [0.5, 0.6) is 0 Å². The minimum absolute atomic E-state index is 0.0705. The van der Waals surface area contributed by atoms with Crippen LogP contribution in [0.4, 0.5) is 18.9 Å². The number of anilines is 1. The van der Waals surface area contributed by atoms with Gasteiger partial charge in [-0.2, -0.15) is 13.2 Å². The molecule has 0 amide bonds. The summed E-state index contributed by atoms with van der Waals surface area (Å²) in [5, 5.41) is 3.08. The second kappa shape index (κ2) is 8.24. The number of alkyl halides is 3. The van der Waals surface area contributed by atoms with Crippen molar-refractivity contribution >= 4 is 29.0 Å². The Balaban J connectivity index is 2.19. The van der Waals surface area contributed by atoms with Gasteiger partial charge in [0.25, 0.3) is 0 Å². The van der Waals surface area contributed by atoms with E-state index in [1.165, 1.54) is 23.1 Å². The molecule has 0 bridgehead atoms. The molecule has 1 N–H and O–H groups in total. The highest BCUT2D eigenvalue weighted by Crippen LogP contribution is 2.40. The van der Waals surface area contributed by atoms with E-state index in [9.17, 15) is 18.0 Å². The van der Waals surface area contributed by atoms with E-state index in [0.29, 0.717) is 0 Å². The molecule has 3 rings (SSSR count). The van der Waals surface area contributed by atoms with E-state index in [1.54, 1.807) is 13.8 Å². The van der Waals surface area contributed by atoms with E-state index >= 15 is 0 Å². The molecule has 1 heterocycles. The first-order valence-electron chi connectivity index (χ1n) is 8.95. The van der Waals surface area contributed by atoms with Gasteiger partial charge in [-0.3, -0.25) is 4.90 Å². The lowest BCUT2D eigenvalue weighted by atomic mass is 9.94. The summed E-state index contributed by atoms with van der Waals surface area (Å²) in [5.74, 6) is -0.608. The Morgan fingerprint density at radius 1 is 1.14 bits per heavy atom. The van der Waals surface area contributed by atoms with E-state index in [-0.39, 0.29) is 28.7 Å². The monoisotopic (exact) mass is 420 g/mol. The maximum absolute atomic E-state index is 13.6. The zero-order valence-corrected chi connectivity index (χ0v) is 16.6. The lowest BCUT2D eigenvalue weighted by Gasteiger charge is -2.38. The number of nitrogens with one attached hydrogen (secondary N) is 1. The fourth-order valence-corrected chi connectivity index (χ4v) is 3.66. The second-order valence-electron chi connectivity index (χ2n) is 6.36. The molecule has 152 valence electrons. The van der Waals surface area contributed by atoms with Crippen molar-refractivity contribution in [2.45, 2.75) is 26.1 Å². The van der Waals surface area contributed by atoms with Gasteiger partial charge in [-0.15, -0.1) is 0 Å². The Morgan fingerprint density at radius 3 is 2.38 bits per heavy atom. The molecule has 1 unspecified atom stereocenters. The van der Waals surface area contributed by atoms with E-state index < -0.39 is 23.8 Å². The zero-order valence-electron chi connectivity index (χ0n) is 15.8. The molecule has 2 aromatic carbocycles. The van der Waals surface area contributed by atoms with Crippen molar-refractivity contribution in [3.05, 3.63) is 77.0 Å². The largest absolute Gasteiger partial charge is 0.463 e. The standard InChI is InChI=1S/C21H19F3N2O2S/c1-3-28-19(27)17-13(2)26(16-12-8-7-11-15(16)21(22,23)24)20(29)25-18(17)14-9-5-4-6-10-14/h4-12,18H,3H2,1-2H3,(H,25,29). The zero-order chi connectivity index (χ0) is 21.2. The lowest BCUT2D eigenvalue weighted by Crippen LogP contribution is -2.48. The Kier molecular flexibility index (Phi) is 5.93. The van der Waals surface area contributed by atoms with Gasteiger partial charge >= 0.3 is 12.1 Å². The Hall–Kier alpha value is -2.87. The first-order valence-corrected chi connectivity index (χ1v) is 9.36. The topological polar surface area (TPSA) is 41.6 Å². The van der Waals surface area contributed by atoms with Gasteiger partial charge in [-0.1, -0.05) is 42.5 Å². The first kappa shape index (κ1) is 20.9. The number of carbonyl (C=O) groups excluding carboxylic acids is 1. The van der Waals surface area contributed by atoms with Gasteiger partial charge in [0, 0.05) is 5.70 Å². The van der Waals surface area contributed by atoms with Crippen molar-refractivity contribution in [3.8, 4) is 0 Å². The third kappa shape index (κ3) is 4.12. The molecule has 0 saturated carbocycles. The summed E-state index contributed by atoms with van der Waals surface area (Å²) in [6, 6.07) is 13.6. The molecule has 0 aliphatic carbocycles. The smallest absolute Gasteiger partial charge is 0.418 e. The summed E-state index contributed by atoms with van der Waals surface area (Å²) < 4.78 is 45.9. The van der Waals surface area contributed by atoms with Gasteiger partial charge in [0.05, 0.1) is 29.5 Å². The number of carbonyl (C=O) groups is 1. The number of nitrogens with zero attached hydrogens (tertiary/aromatic N) is 1. The molecule has 2 aromatic rings. The molecule has 0 saturated heterocycles. The van der Waals surface area contributed by atoms with Crippen LogP contribution in [-0.4, -0.2) is 17.7 Å². The minimum atomic E-state index is -4.58. The summed E-state index contributed by atoms with van der Waals surface area (Å²) in [5.41, 5.74) is 0.260. The number of allylic oxidation sites excluding steroid dienone is 1. The number of halogens is 3. The molecule has 4 nitrogen and oxygen atoms in total. The Morgan fingerprint density at radius 2 is 1.76 bits per heavy atom. The average molecular weight is 420 g/mol. The van der Waals surface area contributed by atoms with Crippen molar-refractivity contribution in [2.24, 2.45) is 0 Å². The number of benzene rings is 2. The van der Waals surface area contributed by atoms with E-state index in [1.807, 2.05) is 30.3 Å². The number of hydrogen-bond donors (Lipinski definition) is 1. The van der Waals surface area contributed by atoms with Crippen molar-refractivity contribution in [1.82, 2.24) is 5.32 Å². The molecular weight excluding hydrogens is 401 g/mol. The number of ether oxygens (including phenoxy) is 1. The maximum atomic E-state index is 13.6. The van der Waals surface area contributed by atoms with Crippen LogP contribution >= 0.6 is 12.2 Å². The number of para-hydroxylation sites is 1. The van der Waals surface area contributed by atoms with Crippen LogP contribution in [0.25, 0.3) is 0 Å². The summed E-state index contributed by atoms with van der Waals surface area (Å²) in [6.07, 6.45) is -4.58. The summed E-state index contributed by atoms with van der Waals surface area (Å²) >= 11 is 5.41. The van der Waals surface area contributed by atoms with Crippen LogP contribution < -0.4 is 10.2 Å². The second-order valence-corrected chi connectivity index (χ2v) is 6.75. The van der Waals surface area contributed by atoms with Crippen LogP contribution in [0.2, 0.25) is 0 Å². The van der Waals surface area contributed by atoms with Gasteiger partial charge < -0.3 is 10.1 Å². The summed E-state index contributed by atoms with van der Waals surface area (Å²) in [6.45, 7) is 3.38. The van der Waals surface area contributed by atoms with Gasteiger partial charge in [-0.05, 0) is 43.8 Å². The van der Waals surface area contributed by atoms with Crippen LogP contribution in [0.1, 0.15) is 31.0 Å². The molecule has 1 aliphatic heterocycles. The molecule has 1 atom stereocenters. The van der Waals surface area contributed by atoms with Gasteiger partial charge in [0.1, 0.15) is 0 Å². The molecule has 0 fully saturated rings. The van der Waals surface area contributed by atoms with E-state index in [4.69, 9.17) is 17.0 Å². The quantitative estimate of drug-likeness (QED) is 0.558. The van der Waals surface area contributed by atoms with Gasteiger partial charge in [-0.25, -0.2) is 4.79 Å². The van der Waals surface area contributed by atoms with Crippen molar-refractivity contribution in [2.75, 3.05) is 11.5 Å². The molecular formula is C21H19F3N2O2S. The number of esters is 1. The third-order valence-electron chi connectivity index (χ3n) is 4.56. The molecule has 0 aromatic heterocycles. The highest BCUT2D eigenvalue weighted by Gasteiger charge is 2.40. The highest BCUT2D eigenvalue weighted by molar-refractivity contribution is 7.80. The average Bonchev–Trinajstić information content (AvgIpc) is 2.68. The van der Waals surface area contributed by atoms with Crippen LogP contribution in [-0.2, 0) is 15.7 Å². The van der Waals surface area contributed by atoms with Crippen LogP contribution in [0.15, 0.2) is 65.9 Å². The fourth-order valence-electron chi connectivity index (χ4n) is 3.31. The van der Waals surface area contributed by atoms with Crippen LogP contribution in [0.3, 0.4) is 0 Å². The molecule has 29 heavy (non-hydrogen) atoms. The number of rotatable bonds is 4. The van der Waals surface area contributed by atoms with Crippen LogP contribution in [0, 0.1) is 0 Å². The van der Waals surface area contributed by atoms with Gasteiger partial charge in [0.15, 0.2) is 5.11 Å². The molecule has 0 radical (unpaired) electrons. The normalized spacial score (nSPS) is 17.2. The SMILES string of the molecule is CCOC(=O)C1=C(C)N(c2ccccc2C(F)(F)F)C(=S)NC1c1ccccc1. The summed E-state index contributed by atoms with van der Waals surface area (Å²) in [4.78, 5) is 14.0. The first-order chi connectivity index (χ1) is 13.8. The number of hydrogen-bond acceptors (Lipinski definition) is 3. The van der Waals surface area contributed by atoms with Crippen molar-refractivity contribution in [1.29, 1.82) is 0 Å². The fraction of sp³-hybridized carbons (Fsp3) is 0.238. The highest BCUT2D eigenvalue weighted by atomic mass is 32.1. The van der Waals surface area contributed by atoms with Crippen molar-refractivity contribution < 1.29 is 22.7 Å². The lowest BCUT2D eigenvalue weighted by molar-refractivity contribution is -0.139. The predicted octanol–water partition coefficient (Wildman–Crippen LogP) is 4.98. The third-order valence-corrected chi connectivity index (χ3v) is 4.86. The summed E-state index contributed by atoms with van der Waals surface area (Å²) in [7, 11) is 0. The van der Waals surface area contributed by atoms with Gasteiger partial charge in [0.2, 0.25) is 0 Å². The minimum Gasteiger partial charge on any atom is -0.463 e. The Labute approximate surface area is 172 Å². The predicted molar refractivity (Wildman–Crippen MR) is 108 cm³/mol. The van der Waals surface area contributed by atoms with Crippen molar-refractivity contribution in [3.63, 3.8) is 0 Å². The molecule has 1 aliphatic rings. The number of thiocarbonyl (C=S) groups is 1. The molecule has 8 heteroatoms. The van der Waals surface area contributed by atoms with E-state index in [0.717, 1.165) is 11.6 Å². The van der Waals surface area contributed by atoms with E-state index in [2.05, 4.69) is 5.32 Å².